The lowest BCUT2D eigenvalue weighted by Crippen LogP contribution is -2.28. The number of halogens is 1. The Balaban J connectivity index is 3.01. The molecule has 1 aromatic carbocycles. The van der Waals surface area contributed by atoms with Crippen LogP contribution in [0.5, 0.6) is 0 Å². The summed E-state index contributed by atoms with van der Waals surface area (Å²) in [6.07, 6.45) is 0.753. The lowest BCUT2D eigenvalue weighted by molar-refractivity contribution is 0.281. The molecule has 1 rings (SSSR count). The van der Waals surface area contributed by atoms with E-state index in [9.17, 15) is 13.5 Å². The Bertz CT molecular complexity index is 577. The fourth-order valence-corrected chi connectivity index (χ4v) is 3.83. The normalized spacial score (nSPS) is 12.7. The number of aryl methyl sites for hydroxylation is 1. The van der Waals surface area contributed by atoms with Crippen LogP contribution in [0.4, 0.5) is 0 Å². The molecule has 0 aromatic heterocycles. The van der Waals surface area contributed by atoms with E-state index < -0.39 is 10.0 Å². The van der Waals surface area contributed by atoms with Crippen LogP contribution in [0.25, 0.3) is 0 Å². The van der Waals surface area contributed by atoms with E-state index in [1.165, 1.54) is 6.07 Å². The third-order valence-corrected chi connectivity index (χ3v) is 5.72. The third-order valence-electron chi connectivity index (χ3n) is 2.92. The molecule has 0 saturated heterocycles. The Hall–Kier alpha value is -0.430. The summed E-state index contributed by atoms with van der Waals surface area (Å²) in [6, 6.07) is 3.26. The Kier molecular flexibility index (Phi) is 5.78. The average Bonchev–Trinajstić information content (AvgIpc) is 2.30. The van der Waals surface area contributed by atoms with Gasteiger partial charge in [-0.1, -0.05) is 26.8 Å². The van der Waals surface area contributed by atoms with Crippen molar-refractivity contribution in [1.29, 1.82) is 0 Å². The number of nitrogens with one attached hydrogen (secondary N) is 1. The van der Waals surface area contributed by atoms with Gasteiger partial charge in [-0.2, -0.15) is 0 Å². The zero-order chi connectivity index (χ0) is 15.6. The second kappa shape index (κ2) is 6.56. The molecule has 0 amide bonds. The summed E-state index contributed by atoms with van der Waals surface area (Å²) < 4.78 is 27.8. The van der Waals surface area contributed by atoms with Crippen LogP contribution in [0.1, 0.15) is 38.3 Å². The molecule has 4 nitrogen and oxygen atoms in total. The molecule has 0 saturated carbocycles. The van der Waals surface area contributed by atoms with E-state index in [1.807, 2.05) is 0 Å². The lowest BCUT2D eigenvalue weighted by Gasteiger charge is -2.18. The minimum atomic E-state index is -3.58. The summed E-state index contributed by atoms with van der Waals surface area (Å²) in [4.78, 5) is 0.176. The third kappa shape index (κ3) is 4.84. The SMILES string of the molecule is Cc1cc(CO)cc(S(=O)(=O)NCCC(C)(C)C)c1Br. The van der Waals surface area contributed by atoms with Crippen molar-refractivity contribution in [1.82, 2.24) is 4.72 Å². The first kappa shape index (κ1) is 17.6. The lowest BCUT2D eigenvalue weighted by atomic mass is 9.93. The highest BCUT2D eigenvalue weighted by molar-refractivity contribution is 9.10. The molecule has 0 aliphatic heterocycles. The second-order valence-electron chi connectivity index (χ2n) is 6.09. The molecule has 0 spiro atoms. The molecule has 20 heavy (non-hydrogen) atoms. The first-order valence-corrected chi connectivity index (χ1v) is 8.74. The number of aliphatic hydroxyl groups excluding tert-OH is 1. The molecule has 1 aromatic rings. The summed E-state index contributed by atoms with van der Waals surface area (Å²) in [5.74, 6) is 0. The molecule has 0 bridgehead atoms. The van der Waals surface area contributed by atoms with Gasteiger partial charge in [-0.05, 0) is 51.9 Å². The van der Waals surface area contributed by atoms with E-state index in [1.54, 1.807) is 13.0 Å². The maximum absolute atomic E-state index is 12.3. The molecule has 2 N–H and O–H groups in total. The monoisotopic (exact) mass is 363 g/mol. The van der Waals surface area contributed by atoms with Crippen LogP contribution in [0.3, 0.4) is 0 Å². The van der Waals surface area contributed by atoms with Crippen molar-refractivity contribution in [2.75, 3.05) is 6.54 Å². The van der Waals surface area contributed by atoms with Crippen LogP contribution in [-0.4, -0.2) is 20.1 Å². The number of hydrogen-bond donors (Lipinski definition) is 2. The van der Waals surface area contributed by atoms with E-state index in [-0.39, 0.29) is 16.9 Å². The van der Waals surface area contributed by atoms with Gasteiger partial charge < -0.3 is 5.11 Å². The Morgan fingerprint density at radius 1 is 1.30 bits per heavy atom. The quantitative estimate of drug-likeness (QED) is 0.844. The number of aliphatic hydroxyl groups is 1. The first-order valence-electron chi connectivity index (χ1n) is 6.46. The summed E-state index contributed by atoms with van der Waals surface area (Å²) in [5.41, 5.74) is 1.44. The molecular formula is C14H22BrNO3S. The summed E-state index contributed by atoms with van der Waals surface area (Å²) >= 11 is 3.31. The highest BCUT2D eigenvalue weighted by Gasteiger charge is 2.20. The van der Waals surface area contributed by atoms with Crippen molar-refractivity contribution in [3.05, 3.63) is 27.7 Å². The second-order valence-corrected chi connectivity index (χ2v) is 8.62. The average molecular weight is 364 g/mol. The molecule has 0 aliphatic rings. The first-order chi connectivity index (χ1) is 9.07. The van der Waals surface area contributed by atoms with E-state index in [0.717, 1.165) is 12.0 Å². The van der Waals surface area contributed by atoms with E-state index in [0.29, 0.717) is 16.6 Å². The Morgan fingerprint density at radius 3 is 2.40 bits per heavy atom. The van der Waals surface area contributed by atoms with E-state index in [4.69, 9.17) is 0 Å². The van der Waals surface area contributed by atoms with Crippen molar-refractivity contribution in [3.8, 4) is 0 Å². The number of benzene rings is 1. The fourth-order valence-electron chi connectivity index (χ4n) is 1.73. The Labute approximate surface area is 129 Å². The topological polar surface area (TPSA) is 66.4 Å². The summed E-state index contributed by atoms with van der Waals surface area (Å²) in [7, 11) is -3.58. The van der Waals surface area contributed by atoms with Gasteiger partial charge in [0.15, 0.2) is 0 Å². The molecule has 0 atom stereocenters. The van der Waals surface area contributed by atoms with Gasteiger partial charge >= 0.3 is 0 Å². The Morgan fingerprint density at radius 2 is 1.90 bits per heavy atom. The molecule has 0 unspecified atom stereocenters. The standard InChI is InChI=1S/C14H22BrNO3S/c1-10-7-11(9-17)8-12(13(10)15)20(18,19)16-6-5-14(2,3)4/h7-8,16-17H,5-6,9H2,1-4H3. The summed E-state index contributed by atoms with van der Waals surface area (Å²) in [5, 5.41) is 9.20. The molecule has 0 aliphatic carbocycles. The van der Waals surface area contributed by atoms with Crippen molar-refractivity contribution < 1.29 is 13.5 Å². The van der Waals surface area contributed by atoms with Crippen molar-refractivity contribution in [2.24, 2.45) is 5.41 Å². The smallest absolute Gasteiger partial charge is 0.241 e. The van der Waals surface area contributed by atoms with Gasteiger partial charge in [0.05, 0.1) is 11.5 Å². The fraction of sp³-hybridized carbons (Fsp3) is 0.571. The maximum Gasteiger partial charge on any atom is 0.241 e. The van der Waals surface area contributed by atoms with Gasteiger partial charge in [0.1, 0.15) is 0 Å². The van der Waals surface area contributed by atoms with Crippen LogP contribution < -0.4 is 4.72 Å². The van der Waals surface area contributed by atoms with Crippen molar-refractivity contribution >= 4 is 26.0 Å². The molecular weight excluding hydrogens is 342 g/mol. The number of sulfonamides is 1. The number of rotatable bonds is 5. The van der Waals surface area contributed by atoms with Crippen molar-refractivity contribution in [3.63, 3.8) is 0 Å². The van der Waals surface area contributed by atoms with Crippen LogP contribution in [0.15, 0.2) is 21.5 Å². The van der Waals surface area contributed by atoms with Crippen LogP contribution in [0, 0.1) is 12.3 Å². The predicted octanol–water partition coefficient (Wildman–Crippen LogP) is 2.96. The van der Waals surface area contributed by atoms with Crippen LogP contribution >= 0.6 is 15.9 Å². The predicted molar refractivity (Wildman–Crippen MR) is 84.1 cm³/mol. The minimum absolute atomic E-state index is 0.0720. The largest absolute Gasteiger partial charge is 0.392 e. The van der Waals surface area contributed by atoms with Gasteiger partial charge in [0.2, 0.25) is 10.0 Å². The molecule has 0 heterocycles. The van der Waals surface area contributed by atoms with Gasteiger partial charge in [-0.25, -0.2) is 13.1 Å². The molecule has 0 fully saturated rings. The molecule has 6 heteroatoms. The van der Waals surface area contributed by atoms with Gasteiger partial charge in [-0.15, -0.1) is 0 Å². The highest BCUT2D eigenvalue weighted by Crippen LogP contribution is 2.27. The molecule has 114 valence electrons. The van der Waals surface area contributed by atoms with Gasteiger partial charge in [-0.3, -0.25) is 0 Å². The highest BCUT2D eigenvalue weighted by atomic mass is 79.9. The van der Waals surface area contributed by atoms with E-state index >= 15 is 0 Å². The van der Waals surface area contributed by atoms with Crippen LogP contribution in [0.2, 0.25) is 0 Å². The summed E-state index contributed by atoms with van der Waals surface area (Å²) in [6.45, 7) is 8.20. The number of hydrogen-bond acceptors (Lipinski definition) is 3. The maximum atomic E-state index is 12.3. The van der Waals surface area contributed by atoms with Crippen molar-refractivity contribution in [2.45, 2.75) is 45.6 Å². The van der Waals surface area contributed by atoms with E-state index in [2.05, 4.69) is 41.4 Å². The van der Waals surface area contributed by atoms with Gasteiger partial charge in [0.25, 0.3) is 0 Å². The minimum Gasteiger partial charge on any atom is -0.392 e. The van der Waals surface area contributed by atoms with Crippen LogP contribution in [-0.2, 0) is 16.6 Å². The zero-order valence-electron chi connectivity index (χ0n) is 12.3. The zero-order valence-corrected chi connectivity index (χ0v) is 14.7. The van der Waals surface area contributed by atoms with Gasteiger partial charge in [0, 0.05) is 11.0 Å². The molecule has 0 radical (unpaired) electrons.